The van der Waals surface area contributed by atoms with Crippen LogP contribution in [0.4, 0.5) is 0 Å². The lowest BCUT2D eigenvalue weighted by Gasteiger charge is -2.33. The lowest BCUT2D eigenvalue weighted by molar-refractivity contribution is -0.185. The third-order valence-corrected chi connectivity index (χ3v) is 4.14. The molecule has 2 atom stereocenters. The first-order valence-corrected chi connectivity index (χ1v) is 5.81. The Bertz CT molecular complexity index is 225. The van der Waals surface area contributed by atoms with E-state index in [4.69, 9.17) is 9.47 Å². The SMILES string of the molecule is CC1(C2CCN3CCCC23)OCCO1. The number of hydrogen-bond acceptors (Lipinski definition) is 3. The van der Waals surface area contributed by atoms with Gasteiger partial charge in [0.25, 0.3) is 0 Å². The second-order valence-electron chi connectivity index (χ2n) is 4.85. The Hall–Kier alpha value is -0.120. The van der Waals surface area contributed by atoms with Crippen molar-refractivity contribution in [2.24, 2.45) is 5.92 Å². The molecule has 0 radical (unpaired) electrons. The zero-order valence-corrected chi connectivity index (χ0v) is 8.87. The predicted octanol–water partition coefficient (Wildman–Crippen LogP) is 1.23. The van der Waals surface area contributed by atoms with E-state index >= 15 is 0 Å². The maximum Gasteiger partial charge on any atom is 0.170 e. The summed E-state index contributed by atoms with van der Waals surface area (Å²) < 4.78 is 11.6. The Morgan fingerprint density at radius 1 is 1.14 bits per heavy atom. The van der Waals surface area contributed by atoms with Crippen molar-refractivity contribution in [3.05, 3.63) is 0 Å². The number of rotatable bonds is 1. The standard InChI is InChI=1S/C11H19NO2/c1-11(13-7-8-14-11)9-4-6-12-5-2-3-10(9)12/h9-10H,2-8H2,1H3. The maximum atomic E-state index is 5.78. The molecule has 80 valence electrons. The Labute approximate surface area is 85.4 Å². The summed E-state index contributed by atoms with van der Waals surface area (Å²) in [6.45, 7) is 6.22. The van der Waals surface area contributed by atoms with Gasteiger partial charge in [0.2, 0.25) is 0 Å². The van der Waals surface area contributed by atoms with E-state index in [0.717, 1.165) is 19.3 Å². The van der Waals surface area contributed by atoms with Gasteiger partial charge in [-0.15, -0.1) is 0 Å². The monoisotopic (exact) mass is 197 g/mol. The van der Waals surface area contributed by atoms with Gasteiger partial charge in [-0.05, 0) is 39.3 Å². The molecule has 0 bridgehead atoms. The molecule has 0 N–H and O–H groups in total. The second kappa shape index (κ2) is 3.19. The van der Waals surface area contributed by atoms with Crippen LogP contribution in [-0.4, -0.2) is 43.0 Å². The Balaban J connectivity index is 1.78. The van der Waals surface area contributed by atoms with Gasteiger partial charge >= 0.3 is 0 Å². The lowest BCUT2D eigenvalue weighted by Crippen LogP contribution is -2.42. The number of fused-ring (bicyclic) bond motifs is 1. The molecular weight excluding hydrogens is 178 g/mol. The summed E-state index contributed by atoms with van der Waals surface area (Å²) in [7, 11) is 0. The molecule has 3 heterocycles. The van der Waals surface area contributed by atoms with Gasteiger partial charge < -0.3 is 9.47 Å². The van der Waals surface area contributed by atoms with Crippen molar-refractivity contribution < 1.29 is 9.47 Å². The quantitative estimate of drug-likeness (QED) is 0.631. The highest BCUT2D eigenvalue weighted by Gasteiger charge is 2.49. The minimum Gasteiger partial charge on any atom is -0.347 e. The van der Waals surface area contributed by atoms with Crippen molar-refractivity contribution in [3.63, 3.8) is 0 Å². The summed E-state index contributed by atoms with van der Waals surface area (Å²) in [6, 6.07) is 0.734. The van der Waals surface area contributed by atoms with Crippen LogP contribution in [0.15, 0.2) is 0 Å². The zero-order chi connectivity index (χ0) is 9.60. The topological polar surface area (TPSA) is 21.7 Å². The highest BCUT2D eigenvalue weighted by atomic mass is 16.7. The van der Waals surface area contributed by atoms with Gasteiger partial charge in [-0.3, -0.25) is 4.90 Å². The van der Waals surface area contributed by atoms with Crippen LogP contribution < -0.4 is 0 Å². The zero-order valence-electron chi connectivity index (χ0n) is 8.87. The normalized spacial score (nSPS) is 41.8. The van der Waals surface area contributed by atoms with E-state index in [9.17, 15) is 0 Å². The predicted molar refractivity (Wildman–Crippen MR) is 53.0 cm³/mol. The van der Waals surface area contributed by atoms with Crippen LogP contribution in [0.25, 0.3) is 0 Å². The van der Waals surface area contributed by atoms with E-state index in [-0.39, 0.29) is 5.79 Å². The molecule has 0 aliphatic carbocycles. The summed E-state index contributed by atoms with van der Waals surface area (Å²) in [4.78, 5) is 2.61. The molecule has 0 aromatic heterocycles. The third-order valence-electron chi connectivity index (χ3n) is 4.14. The Morgan fingerprint density at radius 2 is 1.93 bits per heavy atom. The number of nitrogens with zero attached hydrogens (tertiary/aromatic N) is 1. The van der Waals surface area contributed by atoms with Crippen LogP contribution in [0.1, 0.15) is 26.2 Å². The molecule has 3 saturated heterocycles. The first-order valence-electron chi connectivity index (χ1n) is 5.81. The Kier molecular flexibility index (Phi) is 2.08. The van der Waals surface area contributed by atoms with Crippen LogP contribution >= 0.6 is 0 Å². The van der Waals surface area contributed by atoms with Crippen LogP contribution in [-0.2, 0) is 9.47 Å². The van der Waals surface area contributed by atoms with Crippen molar-refractivity contribution in [1.82, 2.24) is 4.90 Å². The van der Waals surface area contributed by atoms with Crippen molar-refractivity contribution in [3.8, 4) is 0 Å². The molecule has 14 heavy (non-hydrogen) atoms. The molecule has 3 nitrogen and oxygen atoms in total. The molecule has 0 aromatic rings. The van der Waals surface area contributed by atoms with Crippen LogP contribution in [0.2, 0.25) is 0 Å². The molecule has 0 spiro atoms. The Morgan fingerprint density at radius 3 is 2.71 bits per heavy atom. The number of ether oxygens (including phenoxy) is 2. The molecule has 3 heteroatoms. The van der Waals surface area contributed by atoms with Crippen LogP contribution in [0, 0.1) is 5.92 Å². The molecule has 3 aliphatic rings. The largest absolute Gasteiger partial charge is 0.347 e. The van der Waals surface area contributed by atoms with Crippen molar-refractivity contribution >= 4 is 0 Å². The number of hydrogen-bond donors (Lipinski definition) is 0. The van der Waals surface area contributed by atoms with Gasteiger partial charge in [-0.1, -0.05) is 0 Å². The average Bonchev–Trinajstić information content (AvgIpc) is 2.76. The molecule has 0 amide bonds. The molecular formula is C11H19NO2. The fourth-order valence-electron chi connectivity index (χ4n) is 3.44. The van der Waals surface area contributed by atoms with Crippen LogP contribution in [0.5, 0.6) is 0 Å². The molecule has 3 fully saturated rings. The van der Waals surface area contributed by atoms with Gasteiger partial charge in [-0.2, -0.15) is 0 Å². The van der Waals surface area contributed by atoms with E-state index in [1.807, 2.05) is 0 Å². The highest BCUT2D eigenvalue weighted by Crippen LogP contribution is 2.42. The maximum absolute atomic E-state index is 5.78. The molecule has 3 aliphatic heterocycles. The van der Waals surface area contributed by atoms with Crippen LogP contribution in [0.3, 0.4) is 0 Å². The van der Waals surface area contributed by atoms with E-state index in [0.29, 0.717) is 5.92 Å². The van der Waals surface area contributed by atoms with Crippen molar-refractivity contribution in [1.29, 1.82) is 0 Å². The highest BCUT2D eigenvalue weighted by molar-refractivity contribution is 4.97. The summed E-state index contributed by atoms with van der Waals surface area (Å²) in [5.41, 5.74) is 0. The molecule has 0 saturated carbocycles. The van der Waals surface area contributed by atoms with Gasteiger partial charge in [0.15, 0.2) is 5.79 Å². The second-order valence-corrected chi connectivity index (χ2v) is 4.85. The van der Waals surface area contributed by atoms with E-state index in [1.165, 1.54) is 32.4 Å². The smallest absolute Gasteiger partial charge is 0.170 e. The van der Waals surface area contributed by atoms with Gasteiger partial charge in [0.05, 0.1) is 13.2 Å². The third kappa shape index (κ3) is 1.23. The van der Waals surface area contributed by atoms with E-state index < -0.39 is 0 Å². The van der Waals surface area contributed by atoms with Gasteiger partial charge in [0, 0.05) is 12.0 Å². The fraction of sp³-hybridized carbons (Fsp3) is 1.00. The molecule has 0 aromatic carbocycles. The van der Waals surface area contributed by atoms with Crippen molar-refractivity contribution in [2.45, 2.75) is 38.0 Å². The van der Waals surface area contributed by atoms with Gasteiger partial charge in [-0.25, -0.2) is 0 Å². The minimum atomic E-state index is -0.274. The van der Waals surface area contributed by atoms with Crippen molar-refractivity contribution in [2.75, 3.05) is 26.3 Å². The first kappa shape index (κ1) is 9.13. The summed E-state index contributed by atoms with van der Waals surface area (Å²) in [5, 5.41) is 0. The molecule has 2 unspecified atom stereocenters. The average molecular weight is 197 g/mol. The van der Waals surface area contributed by atoms with E-state index in [1.54, 1.807) is 0 Å². The summed E-state index contributed by atoms with van der Waals surface area (Å²) in [6.07, 6.45) is 3.95. The summed E-state index contributed by atoms with van der Waals surface area (Å²) in [5.74, 6) is 0.330. The summed E-state index contributed by atoms with van der Waals surface area (Å²) >= 11 is 0. The lowest BCUT2D eigenvalue weighted by atomic mass is 9.90. The van der Waals surface area contributed by atoms with E-state index in [2.05, 4.69) is 11.8 Å². The fourth-order valence-corrected chi connectivity index (χ4v) is 3.44. The van der Waals surface area contributed by atoms with Gasteiger partial charge in [0.1, 0.15) is 0 Å². The molecule has 3 rings (SSSR count). The minimum absolute atomic E-state index is 0.274. The first-order chi connectivity index (χ1) is 6.80.